The summed E-state index contributed by atoms with van der Waals surface area (Å²) >= 11 is 0. The van der Waals surface area contributed by atoms with Crippen LogP contribution in [0.5, 0.6) is 5.75 Å². The van der Waals surface area contributed by atoms with Crippen molar-refractivity contribution in [2.45, 2.75) is 31.9 Å². The van der Waals surface area contributed by atoms with E-state index in [4.69, 9.17) is 4.74 Å². The topological polar surface area (TPSA) is 88.4 Å². The van der Waals surface area contributed by atoms with Crippen LogP contribution in [0, 0.1) is 5.82 Å². The Morgan fingerprint density at radius 3 is 2.78 bits per heavy atom. The standard InChI is InChI=1S/C22H26FN7O2/c1-22(2)11-17(15-5-4-14(23)10-18(15)32-22)27-21(31)30-8-6-29(7-9-30)20-16-12-26-28(3)19(16)24-13-25-20/h4-5,10,12-13,17H,6-9,11H2,1-3H3,(H,27,31). The molecule has 1 N–H and O–H groups in total. The third-order valence-corrected chi connectivity index (χ3v) is 6.11. The van der Waals surface area contributed by atoms with Gasteiger partial charge in [-0.1, -0.05) is 6.07 Å². The number of hydrogen-bond donors (Lipinski definition) is 1. The molecule has 1 saturated heterocycles. The number of rotatable bonds is 2. The number of carbonyl (C=O) groups excluding carboxylic acids is 1. The number of urea groups is 1. The lowest BCUT2D eigenvalue weighted by Crippen LogP contribution is -2.53. The van der Waals surface area contributed by atoms with Gasteiger partial charge in [0, 0.05) is 51.3 Å². The second-order valence-corrected chi connectivity index (χ2v) is 8.93. The summed E-state index contributed by atoms with van der Waals surface area (Å²) in [6.07, 6.45) is 3.93. The number of carbonyl (C=O) groups is 1. The van der Waals surface area contributed by atoms with Crippen molar-refractivity contribution in [3.8, 4) is 5.75 Å². The first-order valence-corrected chi connectivity index (χ1v) is 10.7. The van der Waals surface area contributed by atoms with Crippen molar-refractivity contribution in [1.82, 2.24) is 30.0 Å². The SMILES string of the molecule is Cn1ncc2c(N3CCN(C(=O)NC4CC(C)(C)Oc5cc(F)ccc54)CC3)ncnc21. The zero-order chi connectivity index (χ0) is 22.5. The van der Waals surface area contributed by atoms with Gasteiger partial charge in [-0.3, -0.25) is 4.68 Å². The molecule has 1 unspecified atom stereocenters. The highest BCUT2D eigenvalue weighted by Crippen LogP contribution is 2.39. The van der Waals surface area contributed by atoms with Crippen LogP contribution in [0.15, 0.2) is 30.7 Å². The minimum absolute atomic E-state index is 0.128. The monoisotopic (exact) mass is 439 g/mol. The summed E-state index contributed by atoms with van der Waals surface area (Å²) in [4.78, 5) is 25.8. The Morgan fingerprint density at radius 2 is 2.00 bits per heavy atom. The van der Waals surface area contributed by atoms with Crippen LogP contribution in [-0.2, 0) is 7.05 Å². The molecule has 0 bridgehead atoms. The molecule has 1 atom stereocenters. The Labute approximate surface area is 185 Å². The highest BCUT2D eigenvalue weighted by Gasteiger charge is 2.36. The van der Waals surface area contributed by atoms with Crippen LogP contribution in [0.3, 0.4) is 0 Å². The lowest BCUT2D eigenvalue weighted by atomic mass is 9.89. The second-order valence-electron chi connectivity index (χ2n) is 8.93. The van der Waals surface area contributed by atoms with Crippen LogP contribution in [0.25, 0.3) is 11.0 Å². The number of nitrogens with one attached hydrogen (secondary N) is 1. The van der Waals surface area contributed by atoms with E-state index in [1.54, 1.807) is 23.3 Å². The second kappa shape index (κ2) is 7.61. The highest BCUT2D eigenvalue weighted by molar-refractivity contribution is 5.86. The Morgan fingerprint density at radius 1 is 1.22 bits per heavy atom. The van der Waals surface area contributed by atoms with E-state index in [9.17, 15) is 9.18 Å². The average molecular weight is 439 g/mol. The molecule has 1 fully saturated rings. The molecule has 2 aliphatic heterocycles. The van der Waals surface area contributed by atoms with Crippen molar-refractivity contribution in [3.05, 3.63) is 42.1 Å². The summed E-state index contributed by atoms with van der Waals surface area (Å²) in [6, 6.07) is 4.11. The fourth-order valence-electron chi connectivity index (χ4n) is 4.52. The molecule has 0 aliphatic carbocycles. The van der Waals surface area contributed by atoms with Crippen molar-refractivity contribution >= 4 is 22.9 Å². The summed E-state index contributed by atoms with van der Waals surface area (Å²) in [7, 11) is 1.85. The van der Waals surface area contributed by atoms with E-state index in [1.165, 1.54) is 12.1 Å². The molecule has 32 heavy (non-hydrogen) atoms. The van der Waals surface area contributed by atoms with Crippen LogP contribution in [0.2, 0.25) is 0 Å². The lowest BCUT2D eigenvalue weighted by molar-refractivity contribution is 0.0659. The van der Waals surface area contributed by atoms with Gasteiger partial charge in [-0.2, -0.15) is 5.10 Å². The van der Waals surface area contributed by atoms with Crippen LogP contribution in [0.1, 0.15) is 31.9 Å². The van der Waals surface area contributed by atoms with Gasteiger partial charge in [0.2, 0.25) is 0 Å². The Bertz CT molecular complexity index is 1170. The number of piperazine rings is 1. The molecular weight excluding hydrogens is 413 g/mol. The van der Waals surface area contributed by atoms with Crippen molar-refractivity contribution in [2.24, 2.45) is 7.05 Å². The molecule has 10 heteroatoms. The molecule has 2 amide bonds. The molecule has 0 radical (unpaired) electrons. The number of benzene rings is 1. The van der Waals surface area contributed by atoms with Gasteiger partial charge in [-0.25, -0.2) is 19.2 Å². The minimum atomic E-state index is -0.500. The van der Waals surface area contributed by atoms with Gasteiger partial charge in [-0.05, 0) is 19.9 Å². The van der Waals surface area contributed by atoms with E-state index >= 15 is 0 Å². The van der Waals surface area contributed by atoms with Gasteiger partial charge in [0.1, 0.15) is 29.3 Å². The van der Waals surface area contributed by atoms with Gasteiger partial charge < -0.3 is 19.9 Å². The maximum Gasteiger partial charge on any atom is 0.318 e. The number of aryl methyl sites for hydroxylation is 1. The van der Waals surface area contributed by atoms with Gasteiger partial charge in [0.15, 0.2) is 5.65 Å². The molecule has 3 aromatic rings. The van der Waals surface area contributed by atoms with Crippen molar-refractivity contribution in [1.29, 1.82) is 0 Å². The van der Waals surface area contributed by atoms with Gasteiger partial charge in [0.05, 0.1) is 17.6 Å². The summed E-state index contributed by atoms with van der Waals surface area (Å²) < 4.78 is 21.4. The van der Waals surface area contributed by atoms with E-state index in [1.807, 2.05) is 25.8 Å². The van der Waals surface area contributed by atoms with E-state index < -0.39 is 5.60 Å². The van der Waals surface area contributed by atoms with Gasteiger partial charge >= 0.3 is 6.03 Å². The molecule has 9 nitrogen and oxygen atoms in total. The van der Waals surface area contributed by atoms with E-state index in [0.29, 0.717) is 38.3 Å². The Balaban J connectivity index is 1.27. The van der Waals surface area contributed by atoms with Crippen LogP contribution in [0.4, 0.5) is 15.0 Å². The smallest absolute Gasteiger partial charge is 0.318 e. The first kappa shape index (κ1) is 20.5. The highest BCUT2D eigenvalue weighted by atomic mass is 19.1. The molecule has 5 rings (SSSR count). The first-order valence-electron chi connectivity index (χ1n) is 10.7. The average Bonchev–Trinajstić information content (AvgIpc) is 3.14. The third-order valence-electron chi connectivity index (χ3n) is 6.11. The van der Waals surface area contributed by atoms with Crippen LogP contribution in [-0.4, -0.2) is 62.5 Å². The fraction of sp³-hybridized carbons (Fsp3) is 0.455. The summed E-state index contributed by atoms with van der Waals surface area (Å²) in [5.74, 6) is 0.973. The normalized spacial score (nSPS) is 20.1. The summed E-state index contributed by atoms with van der Waals surface area (Å²) in [5, 5.41) is 8.31. The maximum absolute atomic E-state index is 13.7. The predicted molar refractivity (Wildman–Crippen MR) is 117 cm³/mol. The predicted octanol–water partition coefficient (Wildman–Crippen LogP) is 2.64. The third kappa shape index (κ3) is 3.69. The number of aromatic nitrogens is 4. The number of fused-ring (bicyclic) bond motifs is 2. The lowest BCUT2D eigenvalue weighted by Gasteiger charge is -2.40. The molecule has 168 valence electrons. The van der Waals surface area contributed by atoms with Crippen molar-refractivity contribution in [3.63, 3.8) is 0 Å². The molecule has 0 saturated carbocycles. The largest absolute Gasteiger partial charge is 0.487 e. The Kier molecular flexibility index (Phi) is 4.87. The zero-order valence-electron chi connectivity index (χ0n) is 18.4. The number of ether oxygens (including phenoxy) is 1. The minimum Gasteiger partial charge on any atom is -0.487 e. The molecule has 4 heterocycles. The number of nitrogens with zero attached hydrogens (tertiary/aromatic N) is 6. The van der Waals surface area contributed by atoms with E-state index in [0.717, 1.165) is 22.4 Å². The molecule has 2 aromatic heterocycles. The van der Waals surface area contributed by atoms with Crippen molar-refractivity contribution < 1.29 is 13.9 Å². The Hall–Kier alpha value is -3.43. The van der Waals surface area contributed by atoms with Gasteiger partial charge in [-0.15, -0.1) is 0 Å². The number of hydrogen-bond acceptors (Lipinski definition) is 6. The maximum atomic E-state index is 13.7. The van der Waals surface area contributed by atoms with E-state index in [2.05, 4.69) is 25.3 Å². The number of anilines is 1. The quantitative estimate of drug-likeness (QED) is 0.661. The number of halogens is 1. The van der Waals surface area contributed by atoms with Crippen molar-refractivity contribution in [2.75, 3.05) is 31.1 Å². The van der Waals surface area contributed by atoms with Crippen LogP contribution < -0.4 is 15.0 Å². The van der Waals surface area contributed by atoms with E-state index in [-0.39, 0.29) is 17.9 Å². The molecule has 1 aromatic carbocycles. The fourth-order valence-corrected chi connectivity index (χ4v) is 4.52. The molecule has 0 spiro atoms. The summed E-state index contributed by atoms with van der Waals surface area (Å²) in [6.45, 7) is 6.35. The molecular formula is C22H26FN7O2. The van der Waals surface area contributed by atoms with Gasteiger partial charge in [0.25, 0.3) is 0 Å². The number of amides is 2. The summed E-state index contributed by atoms with van der Waals surface area (Å²) in [5.41, 5.74) is 1.09. The first-order chi connectivity index (χ1) is 15.3. The molecule has 2 aliphatic rings. The zero-order valence-corrected chi connectivity index (χ0v) is 18.4. The van der Waals surface area contributed by atoms with Crippen LogP contribution >= 0.6 is 0 Å².